The van der Waals surface area contributed by atoms with E-state index in [9.17, 15) is 8.42 Å². The smallest absolute Gasteiger partial charge is 0.150 e. The van der Waals surface area contributed by atoms with Crippen LogP contribution in [0.2, 0.25) is 0 Å². The molecule has 0 amide bonds. The van der Waals surface area contributed by atoms with Gasteiger partial charge in [-0.25, -0.2) is 8.42 Å². The van der Waals surface area contributed by atoms with E-state index >= 15 is 0 Å². The molecule has 0 saturated carbocycles. The number of methoxy groups -OCH3 is 1. The molecule has 4 nitrogen and oxygen atoms in total. The highest BCUT2D eigenvalue weighted by molar-refractivity contribution is 7.91. The molecule has 1 atom stereocenters. The summed E-state index contributed by atoms with van der Waals surface area (Å²) in [6.45, 7) is 1.87. The second-order valence-corrected chi connectivity index (χ2v) is 8.20. The molecule has 120 valence electrons. The lowest BCUT2D eigenvalue weighted by Crippen LogP contribution is -2.36. The highest BCUT2D eigenvalue weighted by Crippen LogP contribution is 2.41. The number of ether oxygens (including phenoxy) is 2. The molecule has 0 spiro atoms. The van der Waals surface area contributed by atoms with Crippen LogP contribution < -0.4 is 0 Å². The molecule has 1 unspecified atom stereocenters. The second kappa shape index (κ2) is 8.79. The molecule has 1 heterocycles. The predicted octanol–water partition coefficient (Wildman–Crippen LogP) is 2.33. The van der Waals surface area contributed by atoms with Gasteiger partial charge in [-0.1, -0.05) is 0 Å². The maximum Gasteiger partial charge on any atom is 0.150 e. The van der Waals surface area contributed by atoms with Gasteiger partial charge in [0.2, 0.25) is 0 Å². The molecule has 1 fully saturated rings. The summed E-state index contributed by atoms with van der Waals surface area (Å²) in [5, 5.41) is 0. The summed E-state index contributed by atoms with van der Waals surface area (Å²) in [6.07, 6.45) is 2.21. The zero-order chi connectivity index (χ0) is 15.1. The maximum atomic E-state index is 11.6. The van der Waals surface area contributed by atoms with Crippen molar-refractivity contribution in [2.75, 3.05) is 50.2 Å². The molecule has 1 rings (SSSR count). The van der Waals surface area contributed by atoms with Gasteiger partial charge in [0.25, 0.3) is 0 Å². The summed E-state index contributed by atoms with van der Waals surface area (Å²) in [4.78, 5) is 0. The Morgan fingerprint density at radius 2 is 1.90 bits per heavy atom. The Bertz CT molecular complexity index is 369. The maximum absolute atomic E-state index is 11.6. The van der Waals surface area contributed by atoms with Crippen molar-refractivity contribution < 1.29 is 17.9 Å². The van der Waals surface area contributed by atoms with Crippen LogP contribution in [0.1, 0.15) is 19.3 Å². The fourth-order valence-electron chi connectivity index (χ4n) is 2.55. The average Bonchev–Trinajstić information content (AvgIpc) is 2.79. The lowest BCUT2D eigenvalue weighted by atomic mass is 9.76. The van der Waals surface area contributed by atoms with Crippen molar-refractivity contribution in [2.24, 2.45) is 11.3 Å². The fourth-order valence-corrected chi connectivity index (χ4v) is 5.49. The van der Waals surface area contributed by atoms with Crippen molar-refractivity contribution >= 4 is 33.0 Å². The molecule has 0 N–H and O–H groups in total. The molecule has 1 aliphatic heterocycles. The molecule has 7 heteroatoms. The van der Waals surface area contributed by atoms with Gasteiger partial charge in [-0.15, -0.1) is 23.2 Å². The first-order chi connectivity index (χ1) is 9.49. The van der Waals surface area contributed by atoms with Gasteiger partial charge in [-0.3, -0.25) is 0 Å². The van der Waals surface area contributed by atoms with Gasteiger partial charge in [0.05, 0.1) is 11.5 Å². The molecule has 0 bridgehead atoms. The zero-order valence-electron chi connectivity index (χ0n) is 11.9. The van der Waals surface area contributed by atoms with E-state index in [1.807, 2.05) is 0 Å². The summed E-state index contributed by atoms with van der Waals surface area (Å²) in [7, 11) is -1.26. The van der Waals surface area contributed by atoms with Gasteiger partial charge in [0, 0.05) is 44.1 Å². The van der Waals surface area contributed by atoms with Gasteiger partial charge >= 0.3 is 0 Å². The normalized spacial score (nSPS) is 22.2. The average molecular weight is 347 g/mol. The Labute approximate surface area is 132 Å². The SMILES string of the molecule is COCCCOCCC(CCl)(CCl)C1CCS(=O)(=O)C1. The van der Waals surface area contributed by atoms with Crippen LogP contribution in [0.4, 0.5) is 0 Å². The first-order valence-electron chi connectivity index (χ1n) is 6.89. The Kier molecular flexibility index (Phi) is 8.13. The number of rotatable bonds is 10. The molecule has 1 saturated heterocycles. The molecular weight excluding hydrogens is 323 g/mol. The Morgan fingerprint density at radius 3 is 2.40 bits per heavy atom. The van der Waals surface area contributed by atoms with Crippen LogP contribution in [0.15, 0.2) is 0 Å². The van der Waals surface area contributed by atoms with E-state index in [0.29, 0.717) is 44.4 Å². The predicted molar refractivity (Wildman–Crippen MR) is 82.6 cm³/mol. The number of hydrogen-bond donors (Lipinski definition) is 0. The molecule has 0 radical (unpaired) electrons. The third kappa shape index (κ3) is 5.34. The molecule has 1 aliphatic rings. The van der Waals surface area contributed by atoms with Crippen LogP contribution in [0.5, 0.6) is 0 Å². The first-order valence-corrected chi connectivity index (χ1v) is 9.78. The highest BCUT2D eigenvalue weighted by Gasteiger charge is 2.43. The largest absolute Gasteiger partial charge is 0.385 e. The number of sulfone groups is 1. The van der Waals surface area contributed by atoms with Gasteiger partial charge in [0.15, 0.2) is 9.84 Å². The minimum absolute atomic E-state index is 0.0464. The van der Waals surface area contributed by atoms with E-state index in [2.05, 4.69) is 0 Å². The minimum Gasteiger partial charge on any atom is -0.385 e. The van der Waals surface area contributed by atoms with Crippen molar-refractivity contribution in [3.05, 3.63) is 0 Å². The van der Waals surface area contributed by atoms with Crippen molar-refractivity contribution in [1.82, 2.24) is 0 Å². The van der Waals surface area contributed by atoms with Crippen molar-refractivity contribution in [3.63, 3.8) is 0 Å². The van der Waals surface area contributed by atoms with Gasteiger partial charge in [-0.2, -0.15) is 0 Å². The third-order valence-corrected chi connectivity index (χ3v) is 6.84. The van der Waals surface area contributed by atoms with Crippen LogP contribution in [0.25, 0.3) is 0 Å². The molecule has 20 heavy (non-hydrogen) atoms. The van der Waals surface area contributed by atoms with E-state index in [0.717, 1.165) is 6.42 Å². The van der Waals surface area contributed by atoms with Crippen molar-refractivity contribution in [3.8, 4) is 0 Å². The van der Waals surface area contributed by atoms with Crippen LogP contribution in [0, 0.1) is 11.3 Å². The summed E-state index contributed by atoms with van der Waals surface area (Å²) in [5.74, 6) is 1.25. The molecule has 0 aromatic heterocycles. The zero-order valence-corrected chi connectivity index (χ0v) is 14.3. The third-order valence-electron chi connectivity index (χ3n) is 4.01. The quantitative estimate of drug-likeness (QED) is 0.450. The van der Waals surface area contributed by atoms with E-state index in [1.54, 1.807) is 7.11 Å². The van der Waals surface area contributed by atoms with Crippen LogP contribution in [-0.2, 0) is 19.3 Å². The van der Waals surface area contributed by atoms with Crippen molar-refractivity contribution in [2.45, 2.75) is 19.3 Å². The summed E-state index contributed by atoms with van der Waals surface area (Å²) >= 11 is 12.2. The molecular formula is C13H24Cl2O4S. The lowest BCUT2D eigenvalue weighted by Gasteiger charge is -2.35. The first kappa shape index (κ1) is 18.5. The van der Waals surface area contributed by atoms with Crippen LogP contribution >= 0.6 is 23.2 Å². The summed E-state index contributed by atoms with van der Waals surface area (Å²) in [6, 6.07) is 0. The number of alkyl halides is 2. The topological polar surface area (TPSA) is 52.6 Å². The highest BCUT2D eigenvalue weighted by atomic mass is 35.5. The van der Waals surface area contributed by atoms with Crippen LogP contribution in [-0.4, -0.2) is 58.6 Å². The molecule has 0 aromatic carbocycles. The van der Waals surface area contributed by atoms with Gasteiger partial charge in [-0.05, 0) is 25.2 Å². The number of hydrogen-bond acceptors (Lipinski definition) is 4. The molecule has 0 aliphatic carbocycles. The Balaban J connectivity index is 2.46. The number of halogens is 2. The monoisotopic (exact) mass is 346 g/mol. The lowest BCUT2D eigenvalue weighted by molar-refractivity contribution is 0.0728. The van der Waals surface area contributed by atoms with E-state index in [1.165, 1.54) is 0 Å². The van der Waals surface area contributed by atoms with E-state index in [4.69, 9.17) is 32.7 Å². The summed E-state index contributed by atoms with van der Waals surface area (Å²) in [5.41, 5.74) is -0.339. The summed E-state index contributed by atoms with van der Waals surface area (Å²) < 4.78 is 33.8. The van der Waals surface area contributed by atoms with Gasteiger partial charge < -0.3 is 9.47 Å². The van der Waals surface area contributed by atoms with Crippen molar-refractivity contribution in [1.29, 1.82) is 0 Å². The Hall–Kier alpha value is 0.450. The van der Waals surface area contributed by atoms with E-state index < -0.39 is 9.84 Å². The Morgan fingerprint density at radius 1 is 1.20 bits per heavy atom. The minimum atomic E-state index is -2.92. The standard InChI is InChI=1S/C13H24Cl2O4S/c1-18-5-2-6-19-7-4-13(10-14,11-15)12-3-8-20(16,17)9-12/h12H,2-11H2,1H3. The van der Waals surface area contributed by atoms with Gasteiger partial charge in [0.1, 0.15) is 0 Å². The second-order valence-electron chi connectivity index (χ2n) is 5.44. The van der Waals surface area contributed by atoms with E-state index in [-0.39, 0.29) is 22.8 Å². The molecule has 0 aromatic rings. The van der Waals surface area contributed by atoms with Crippen LogP contribution in [0.3, 0.4) is 0 Å². The fraction of sp³-hybridized carbons (Fsp3) is 1.00.